The second kappa shape index (κ2) is 10.1. The number of benzene rings is 2. The van der Waals surface area contributed by atoms with E-state index >= 15 is 0 Å². The van der Waals surface area contributed by atoms with Crippen molar-refractivity contribution in [2.24, 2.45) is 11.8 Å². The second-order valence-electron chi connectivity index (χ2n) is 8.07. The van der Waals surface area contributed by atoms with Crippen LogP contribution in [0.25, 0.3) is 10.8 Å². The summed E-state index contributed by atoms with van der Waals surface area (Å²) < 4.78 is 40.5. The first-order valence-corrected chi connectivity index (χ1v) is 10.8. The van der Waals surface area contributed by atoms with Crippen LogP contribution in [-0.4, -0.2) is 13.2 Å². The Morgan fingerprint density at radius 3 is 2.36 bits per heavy atom. The Labute approximate surface area is 167 Å². The van der Waals surface area contributed by atoms with Crippen molar-refractivity contribution in [3.05, 3.63) is 35.9 Å². The van der Waals surface area contributed by atoms with E-state index in [1.165, 1.54) is 25.7 Å². The van der Waals surface area contributed by atoms with E-state index in [1.807, 2.05) is 0 Å². The molecule has 0 unspecified atom stereocenters. The quantitative estimate of drug-likeness (QED) is 0.419. The highest BCUT2D eigenvalue weighted by molar-refractivity contribution is 5.86. The molecule has 2 aromatic rings. The van der Waals surface area contributed by atoms with Gasteiger partial charge in [0.25, 0.3) is 0 Å². The van der Waals surface area contributed by atoms with Crippen LogP contribution >= 0.6 is 0 Å². The molecule has 0 radical (unpaired) electrons. The molecule has 1 saturated carbocycles. The SMILES string of the molecule is CCCCOc1ccc2cc(OCC3CCC(CCC)CC3)c(F)c(F)c2c1. The monoisotopic (exact) mass is 390 g/mol. The molecule has 154 valence electrons. The first-order valence-electron chi connectivity index (χ1n) is 10.8. The minimum Gasteiger partial charge on any atom is -0.494 e. The van der Waals surface area contributed by atoms with Gasteiger partial charge in [0.1, 0.15) is 5.75 Å². The Bertz CT molecular complexity index is 767. The highest BCUT2D eigenvalue weighted by Gasteiger charge is 2.22. The fourth-order valence-electron chi connectivity index (χ4n) is 4.11. The number of fused-ring (bicyclic) bond motifs is 1. The maximum absolute atomic E-state index is 14.6. The van der Waals surface area contributed by atoms with Crippen LogP contribution in [0, 0.1) is 23.5 Å². The van der Waals surface area contributed by atoms with Crippen molar-refractivity contribution < 1.29 is 18.3 Å². The Hall–Kier alpha value is -1.84. The molecular formula is C24H32F2O2. The lowest BCUT2D eigenvalue weighted by molar-refractivity contribution is 0.173. The number of hydrogen-bond donors (Lipinski definition) is 0. The molecule has 2 aromatic carbocycles. The van der Waals surface area contributed by atoms with Crippen molar-refractivity contribution in [1.82, 2.24) is 0 Å². The van der Waals surface area contributed by atoms with E-state index in [1.54, 1.807) is 24.3 Å². The van der Waals surface area contributed by atoms with Gasteiger partial charge >= 0.3 is 0 Å². The number of ether oxygens (including phenoxy) is 2. The van der Waals surface area contributed by atoms with Crippen LogP contribution in [0.5, 0.6) is 11.5 Å². The van der Waals surface area contributed by atoms with E-state index < -0.39 is 11.6 Å². The first-order chi connectivity index (χ1) is 13.6. The van der Waals surface area contributed by atoms with E-state index in [4.69, 9.17) is 9.47 Å². The average molecular weight is 391 g/mol. The Balaban J connectivity index is 1.65. The number of hydrogen-bond acceptors (Lipinski definition) is 2. The van der Waals surface area contributed by atoms with Gasteiger partial charge in [0, 0.05) is 5.39 Å². The molecule has 0 spiro atoms. The zero-order chi connectivity index (χ0) is 19.9. The largest absolute Gasteiger partial charge is 0.494 e. The van der Waals surface area contributed by atoms with E-state index in [0.29, 0.717) is 30.3 Å². The third kappa shape index (κ3) is 5.15. The van der Waals surface area contributed by atoms with Crippen molar-refractivity contribution in [2.45, 2.75) is 65.2 Å². The Kier molecular flexibility index (Phi) is 7.52. The standard InChI is InChI=1S/C24H32F2O2/c1-3-5-13-27-20-12-11-19-14-22(24(26)23(25)21(19)15-20)28-16-18-9-7-17(6-4-2)8-10-18/h11-12,14-15,17-18H,3-10,13,16H2,1-2H3. The molecule has 28 heavy (non-hydrogen) atoms. The Morgan fingerprint density at radius 2 is 1.64 bits per heavy atom. The molecule has 0 amide bonds. The van der Waals surface area contributed by atoms with Crippen molar-refractivity contribution in [2.75, 3.05) is 13.2 Å². The van der Waals surface area contributed by atoms with Crippen LogP contribution in [0.4, 0.5) is 8.78 Å². The third-order valence-electron chi connectivity index (χ3n) is 5.86. The van der Waals surface area contributed by atoms with Gasteiger partial charge in [0.05, 0.1) is 13.2 Å². The van der Waals surface area contributed by atoms with Crippen LogP contribution in [0.3, 0.4) is 0 Å². The van der Waals surface area contributed by atoms with Crippen LogP contribution in [0.1, 0.15) is 65.2 Å². The number of halogens is 2. The minimum absolute atomic E-state index is 0.0142. The molecule has 1 aliphatic carbocycles. The molecule has 0 bridgehead atoms. The summed E-state index contributed by atoms with van der Waals surface area (Å²) >= 11 is 0. The van der Waals surface area contributed by atoms with Gasteiger partial charge in [-0.3, -0.25) is 0 Å². The second-order valence-corrected chi connectivity index (χ2v) is 8.07. The first kappa shape index (κ1) is 20.9. The van der Waals surface area contributed by atoms with Crippen LogP contribution in [0.2, 0.25) is 0 Å². The molecule has 0 atom stereocenters. The van der Waals surface area contributed by atoms with Gasteiger partial charge in [-0.05, 0) is 54.7 Å². The van der Waals surface area contributed by atoms with Crippen LogP contribution < -0.4 is 9.47 Å². The van der Waals surface area contributed by atoms with Crippen LogP contribution in [0.15, 0.2) is 24.3 Å². The summed E-state index contributed by atoms with van der Waals surface area (Å²) in [7, 11) is 0. The van der Waals surface area contributed by atoms with Gasteiger partial charge in [-0.25, -0.2) is 4.39 Å². The molecule has 1 fully saturated rings. The normalized spacial score (nSPS) is 19.7. The molecule has 3 rings (SSSR count). The lowest BCUT2D eigenvalue weighted by Crippen LogP contribution is -2.20. The third-order valence-corrected chi connectivity index (χ3v) is 5.86. The summed E-state index contributed by atoms with van der Waals surface area (Å²) in [5.41, 5.74) is 0. The topological polar surface area (TPSA) is 18.5 Å². The van der Waals surface area contributed by atoms with Gasteiger partial charge in [0.15, 0.2) is 11.6 Å². The number of unbranched alkanes of at least 4 members (excludes halogenated alkanes) is 1. The molecule has 0 N–H and O–H groups in total. The molecule has 2 nitrogen and oxygen atoms in total. The molecule has 4 heteroatoms. The van der Waals surface area contributed by atoms with Gasteiger partial charge in [-0.15, -0.1) is 0 Å². The molecule has 0 saturated heterocycles. The average Bonchev–Trinajstić information content (AvgIpc) is 2.71. The summed E-state index contributed by atoms with van der Waals surface area (Å²) in [6, 6.07) is 6.74. The molecular weight excluding hydrogens is 358 g/mol. The van der Waals surface area contributed by atoms with E-state index in [2.05, 4.69) is 13.8 Å². The predicted molar refractivity (Wildman–Crippen MR) is 110 cm³/mol. The van der Waals surface area contributed by atoms with Crippen molar-refractivity contribution in [3.8, 4) is 11.5 Å². The highest BCUT2D eigenvalue weighted by Crippen LogP contribution is 2.34. The zero-order valence-corrected chi connectivity index (χ0v) is 17.1. The van der Waals surface area contributed by atoms with Gasteiger partial charge in [-0.2, -0.15) is 4.39 Å². The fourth-order valence-corrected chi connectivity index (χ4v) is 4.11. The summed E-state index contributed by atoms with van der Waals surface area (Å²) in [5.74, 6) is 0.0699. The molecule has 0 heterocycles. The summed E-state index contributed by atoms with van der Waals surface area (Å²) in [4.78, 5) is 0. The van der Waals surface area contributed by atoms with Crippen molar-refractivity contribution in [1.29, 1.82) is 0 Å². The summed E-state index contributed by atoms with van der Waals surface area (Å²) in [5, 5.41) is 0.863. The maximum Gasteiger partial charge on any atom is 0.201 e. The molecule has 0 aliphatic heterocycles. The van der Waals surface area contributed by atoms with Gasteiger partial charge in [-0.1, -0.05) is 52.0 Å². The lowest BCUT2D eigenvalue weighted by atomic mass is 9.80. The predicted octanol–water partition coefficient (Wildman–Crippen LogP) is 7.28. The smallest absolute Gasteiger partial charge is 0.201 e. The number of rotatable bonds is 9. The van der Waals surface area contributed by atoms with Crippen molar-refractivity contribution in [3.63, 3.8) is 0 Å². The van der Waals surface area contributed by atoms with Crippen molar-refractivity contribution >= 4 is 10.8 Å². The maximum atomic E-state index is 14.6. The fraction of sp³-hybridized carbons (Fsp3) is 0.583. The van der Waals surface area contributed by atoms with Gasteiger partial charge < -0.3 is 9.47 Å². The lowest BCUT2D eigenvalue weighted by Gasteiger charge is -2.28. The van der Waals surface area contributed by atoms with Gasteiger partial charge in [0.2, 0.25) is 5.82 Å². The zero-order valence-electron chi connectivity index (χ0n) is 17.1. The van der Waals surface area contributed by atoms with Crippen LogP contribution in [-0.2, 0) is 0 Å². The van der Waals surface area contributed by atoms with E-state index in [9.17, 15) is 8.78 Å². The Morgan fingerprint density at radius 1 is 0.893 bits per heavy atom. The molecule has 1 aliphatic rings. The van der Waals surface area contributed by atoms with E-state index in [0.717, 1.165) is 31.6 Å². The highest BCUT2D eigenvalue weighted by atomic mass is 19.2. The summed E-state index contributed by atoms with van der Waals surface area (Å²) in [6.07, 6.45) is 9.15. The van der Waals surface area contributed by atoms with E-state index in [-0.39, 0.29) is 11.1 Å². The minimum atomic E-state index is -0.905. The molecule has 0 aromatic heterocycles. The summed E-state index contributed by atoms with van der Waals surface area (Å²) in [6.45, 7) is 5.34.